The zero-order valence-electron chi connectivity index (χ0n) is 16.4. The molecule has 3 amide bonds. The number of rotatable bonds is 10. The molecule has 2 N–H and O–H groups in total. The summed E-state index contributed by atoms with van der Waals surface area (Å²) in [5, 5.41) is 4.59. The lowest BCUT2D eigenvalue weighted by atomic mass is 10.2. The molecule has 0 saturated heterocycles. The van der Waals surface area contributed by atoms with Crippen molar-refractivity contribution in [2.24, 2.45) is 0 Å². The van der Waals surface area contributed by atoms with Crippen molar-refractivity contribution >= 4 is 23.6 Å². The highest BCUT2D eigenvalue weighted by molar-refractivity contribution is 6.02. The number of ether oxygens (including phenoxy) is 3. The van der Waals surface area contributed by atoms with Crippen LogP contribution in [-0.2, 0) is 9.53 Å². The second kappa shape index (κ2) is 11.4. The number of furan rings is 1. The first-order valence-electron chi connectivity index (χ1n) is 9.24. The molecule has 0 aliphatic rings. The van der Waals surface area contributed by atoms with E-state index in [0.29, 0.717) is 30.4 Å². The maximum atomic E-state index is 12.0. The van der Waals surface area contributed by atoms with Gasteiger partial charge in [-0.15, -0.1) is 0 Å². The van der Waals surface area contributed by atoms with Crippen LogP contribution in [0.15, 0.2) is 41.0 Å². The molecule has 0 unspecified atom stereocenters. The number of urea groups is 1. The quantitative estimate of drug-likeness (QED) is 0.583. The molecule has 2 rings (SSSR count). The van der Waals surface area contributed by atoms with Gasteiger partial charge in [0.15, 0.2) is 18.1 Å². The second-order valence-electron chi connectivity index (χ2n) is 5.91. The summed E-state index contributed by atoms with van der Waals surface area (Å²) in [5.41, 5.74) is 0.415. The van der Waals surface area contributed by atoms with Crippen molar-refractivity contribution in [2.75, 3.05) is 25.1 Å². The van der Waals surface area contributed by atoms with E-state index in [-0.39, 0.29) is 5.76 Å². The Morgan fingerprint density at radius 3 is 2.38 bits per heavy atom. The molecule has 156 valence electrons. The van der Waals surface area contributed by atoms with Crippen LogP contribution in [0, 0.1) is 0 Å². The van der Waals surface area contributed by atoms with Crippen LogP contribution in [0.1, 0.15) is 37.2 Å². The summed E-state index contributed by atoms with van der Waals surface area (Å²) in [4.78, 5) is 35.4. The fourth-order valence-corrected chi connectivity index (χ4v) is 2.16. The smallest absolute Gasteiger partial charge is 0.374 e. The van der Waals surface area contributed by atoms with Crippen LogP contribution in [-0.4, -0.2) is 37.7 Å². The van der Waals surface area contributed by atoms with Crippen molar-refractivity contribution in [3.8, 4) is 11.5 Å². The van der Waals surface area contributed by atoms with Gasteiger partial charge in [0.05, 0.1) is 19.5 Å². The number of carbonyl (C=O) groups is 3. The van der Waals surface area contributed by atoms with E-state index >= 15 is 0 Å². The van der Waals surface area contributed by atoms with Crippen molar-refractivity contribution < 1.29 is 33.0 Å². The van der Waals surface area contributed by atoms with E-state index in [2.05, 4.69) is 10.6 Å². The van der Waals surface area contributed by atoms with E-state index in [1.807, 2.05) is 13.8 Å². The molecule has 9 nitrogen and oxygen atoms in total. The maximum Gasteiger partial charge on any atom is 0.374 e. The molecular weight excluding hydrogens is 380 g/mol. The van der Waals surface area contributed by atoms with Crippen LogP contribution < -0.4 is 20.1 Å². The summed E-state index contributed by atoms with van der Waals surface area (Å²) in [6.07, 6.45) is 2.97. The minimum atomic E-state index is -0.800. The van der Waals surface area contributed by atoms with Gasteiger partial charge >= 0.3 is 12.0 Å². The molecule has 29 heavy (non-hydrogen) atoms. The summed E-state index contributed by atoms with van der Waals surface area (Å²) in [5.74, 6) is -0.546. The van der Waals surface area contributed by atoms with E-state index in [9.17, 15) is 14.4 Å². The van der Waals surface area contributed by atoms with Gasteiger partial charge in [-0.25, -0.2) is 9.59 Å². The number of hydrogen-bond acceptors (Lipinski definition) is 7. The SMILES string of the molecule is CCCOc1ccc(NC(=O)NC(=O)COC(=O)c2ccco2)cc1OCCC. The number of anilines is 1. The Bertz CT molecular complexity index is 818. The lowest BCUT2D eigenvalue weighted by molar-refractivity contribution is -0.123. The Labute approximate surface area is 168 Å². The van der Waals surface area contributed by atoms with Gasteiger partial charge < -0.3 is 23.9 Å². The third-order valence-electron chi connectivity index (χ3n) is 3.43. The lowest BCUT2D eigenvalue weighted by Gasteiger charge is -2.14. The average Bonchev–Trinajstić information content (AvgIpc) is 3.24. The molecule has 0 saturated carbocycles. The number of nitrogens with one attached hydrogen (secondary N) is 2. The standard InChI is InChI=1S/C20H24N2O7/c1-3-9-26-15-8-7-14(12-17(15)27-10-4-2)21-20(25)22-18(23)13-29-19(24)16-6-5-11-28-16/h5-8,11-12H,3-4,9-10,13H2,1-2H3,(H2,21,22,23,25). The number of benzene rings is 1. The summed E-state index contributed by atoms with van der Waals surface area (Å²) >= 11 is 0. The van der Waals surface area contributed by atoms with E-state index in [1.54, 1.807) is 18.2 Å². The molecule has 2 aromatic rings. The average molecular weight is 404 g/mol. The fourth-order valence-electron chi connectivity index (χ4n) is 2.16. The lowest BCUT2D eigenvalue weighted by Crippen LogP contribution is -2.37. The first kappa shape index (κ1) is 21.8. The minimum absolute atomic E-state index is 0.0350. The van der Waals surface area contributed by atoms with Gasteiger partial charge in [-0.1, -0.05) is 13.8 Å². The monoisotopic (exact) mass is 404 g/mol. The predicted octanol–water partition coefficient (Wildman–Crippen LogP) is 3.36. The highest BCUT2D eigenvalue weighted by atomic mass is 16.5. The van der Waals surface area contributed by atoms with Crippen LogP contribution in [0.25, 0.3) is 0 Å². The Morgan fingerprint density at radius 2 is 1.72 bits per heavy atom. The van der Waals surface area contributed by atoms with Crippen molar-refractivity contribution in [1.82, 2.24) is 5.32 Å². The summed E-state index contributed by atoms with van der Waals surface area (Å²) < 4.78 is 20.9. The first-order chi connectivity index (χ1) is 14.0. The number of amides is 3. The number of carbonyl (C=O) groups excluding carboxylic acids is 3. The molecule has 1 aromatic carbocycles. The minimum Gasteiger partial charge on any atom is -0.490 e. The predicted molar refractivity (Wildman–Crippen MR) is 104 cm³/mol. The van der Waals surface area contributed by atoms with Crippen molar-refractivity contribution in [1.29, 1.82) is 0 Å². The van der Waals surface area contributed by atoms with E-state index in [4.69, 9.17) is 18.6 Å². The van der Waals surface area contributed by atoms with Crippen LogP contribution in [0.3, 0.4) is 0 Å². The number of esters is 1. The number of imide groups is 1. The van der Waals surface area contributed by atoms with Crippen molar-refractivity contribution in [3.63, 3.8) is 0 Å². The van der Waals surface area contributed by atoms with E-state index in [1.165, 1.54) is 18.4 Å². The Hall–Kier alpha value is -3.49. The molecule has 1 aromatic heterocycles. The Kier molecular flexibility index (Phi) is 8.55. The number of hydrogen-bond donors (Lipinski definition) is 2. The molecule has 1 heterocycles. The maximum absolute atomic E-state index is 12.0. The van der Waals surface area contributed by atoms with Crippen LogP contribution >= 0.6 is 0 Å². The van der Waals surface area contributed by atoms with Crippen molar-refractivity contribution in [2.45, 2.75) is 26.7 Å². The molecule has 0 bridgehead atoms. The highest BCUT2D eigenvalue weighted by Crippen LogP contribution is 2.30. The van der Waals surface area contributed by atoms with Gasteiger partial charge in [0.1, 0.15) is 0 Å². The highest BCUT2D eigenvalue weighted by Gasteiger charge is 2.15. The first-order valence-corrected chi connectivity index (χ1v) is 9.24. The molecular formula is C20H24N2O7. The molecule has 0 fully saturated rings. The normalized spacial score (nSPS) is 10.1. The fraction of sp³-hybridized carbons (Fsp3) is 0.350. The van der Waals surface area contributed by atoms with Crippen LogP contribution in [0.2, 0.25) is 0 Å². The molecule has 0 aliphatic heterocycles. The largest absolute Gasteiger partial charge is 0.490 e. The van der Waals surface area contributed by atoms with Gasteiger partial charge in [-0.2, -0.15) is 0 Å². The van der Waals surface area contributed by atoms with Crippen LogP contribution in [0.5, 0.6) is 11.5 Å². The molecule has 9 heteroatoms. The van der Waals surface area contributed by atoms with E-state index < -0.39 is 24.5 Å². The summed E-state index contributed by atoms with van der Waals surface area (Å²) in [6.45, 7) is 4.39. The third kappa shape index (κ3) is 7.21. The third-order valence-corrected chi connectivity index (χ3v) is 3.43. The molecule has 0 radical (unpaired) electrons. The van der Waals surface area contributed by atoms with Gasteiger partial charge in [-0.3, -0.25) is 10.1 Å². The van der Waals surface area contributed by atoms with Crippen molar-refractivity contribution in [3.05, 3.63) is 42.4 Å². The van der Waals surface area contributed by atoms with E-state index in [0.717, 1.165) is 12.8 Å². The second-order valence-corrected chi connectivity index (χ2v) is 5.91. The zero-order valence-corrected chi connectivity index (χ0v) is 16.4. The molecule has 0 atom stereocenters. The topological polar surface area (TPSA) is 116 Å². The Morgan fingerprint density at radius 1 is 1.00 bits per heavy atom. The van der Waals surface area contributed by atoms with Gasteiger partial charge in [0.25, 0.3) is 5.91 Å². The summed E-state index contributed by atoms with van der Waals surface area (Å²) in [6, 6.07) is 7.07. The van der Waals surface area contributed by atoms with Crippen LogP contribution in [0.4, 0.5) is 10.5 Å². The van der Waals surface area contributed by atoms with Gasteiger partial charge in [-0.05, 0) is 37.1 Å². The van der Waals surface area contributed by atoms with Gasteiger partial charge in [0, 0.05) is 11.8 Å². The Balaban J connectivity index is 1.88. The summed E-state index contributed by atoms with van der Waals surface area (Å²) in [7, 11) is 0. The van der Waals surface area contributed by atoms with Gasteiger partial charge in [0.2, 0.25) is 5.76 Å². The zero-order chi connectivity index (χ0) is 21.1. The molecule has 0 spiro atoms. The molecule has 0 aliphatic carbocycles.